The molecule has 0 aliphatic carbocycles. The number of carbonyl (C=O) groups is 1. The highest BCUT2D eigenvalue weighted by atomic mass is 35.5. The van der Waals surface area contributed by atoms with E-state index in [9.17, 15) is 22.9 Å². The summed E-state index contributed by atoms with van der Waals surface area (Å²) in [5, 5.41) is 14.7. The molecule has 3 rings (SSSR count). The van der Waals surface area contributed by atoms with Crippen molar-refractivity contribution >= 4 is 38.9 Å². The van der Waals surface area contributed by atoms with Crippen molar-refractivity contribution in [3.05, 3.63) is 65.1 Å². The molecule has 1 aliphatic rings. The molecule has 0 spiro atoms. The fourth-order valence-electron chi connectivity index (χ4n) is 2.74. The van der Waals surface area contributed by atoms with Gasteiger partial charge in [0, 0.05) is 25.0 Å². The van der Waals surface area contributed by atoms with Gasteiger partial charge in [0.15, 0.2) is 0 Å². The van der Waals surface area contributed by atoms with Crippen molar-refractivity contribution in [1.82, 2.24) is 4.31 Å². The lowest BCUT2D eigenvalue weighted by atomic mass is 10.2. The first-order valence-electron chi connectivity index (χ1n) is 9.12. The van der Waals surface area contributed by atoms with E-state index in [0.717, 1.165) is 6.20 Å². The van der Waals surface area contributed by atoms with Gasteiger partial charge in [0.1, 0.15) is 17.5 Å². The van der Waals surface area contributed by atoms with Crippen LogP contribution in [-0.4, -0.2) is 44.9 Å². The van der Waals surface area contributed by atoms with Gasteiger partial charge in [-0.05, 0) is 42.5 Å². The van der Waals surface area contributed by atoms with Gasteiger partial charge in [-0.15, -0.1) is 0 Å². The normalized spacial score (nSPS) is 15.2. The van der Waals surface area contributed by atoms with E-state index >= 15 is 0 Å². The minimum Gasteiger partial charge on any atom is -0.379 e. The molecule has 0 saturated carbocycles. The highest BCUT2D eigenvalue weighted by Crippen LogP contribution is 2.27. The van der Waals surface area contributed by atoms with Crippen molar-refractivity contribution in [3.8, 4) is 6.07 Å². The number of hydrogen-bond donors (Lipinski definition) is 2. The molecule has 2 N–H and O–H groups in total. The minimum absolute atomic E-state index is 0.0176. The Morgan fingerprint density at radius 2 is 1.87 bits per heavy atom. The molecule has 2 aromatic rings. The molecular formula is C20H18ClFN4O4S. The molecule has 0 radical (unpaired) electrons. The van der Waals surface area contributed by atoms with Crippen molar-refractivity contribution in [2.75, 3.05) is 36.9 Å². The maximum atomic E-state index is 13.0. The topological polar surface area (TPSA) is 112 Å². The van der Waals surface area contributed by atoms with E-state index in [1.165, 1.54) is 46.8 Å². The van der Waals surface area contributed by atoms with E-state index < -0.39 is 21.7 Å². The number of sulfonamides is 1. The van der Waals surface area contributed by atoms with Crippen LogP contribution in [0.3, 0.4) is 0 Å². The summed E-state index contributed by atoms with van der Waals surface area (Å²) in [5.74, 6) is -1.19. The summed E-state index contributed by atoms with van der Waals surface area (Å²) in [7, 11) is -3.75. The third kappa shape index (κ3) is 5.59. The van der Waals surface area contributed by atoms with Crippen LogP contribution in [0, 0.1) is 17.1 Å². The quantitative estimate of drug-likeness (QED) is 0.502. The fraction of sp³-hybridized carbons (Fsp3) is 0.200. The van der Waals surface area contributed by atoms with Gasteiger partial charge in [0.05, 0.1) is 28.8 Å². The van der Waals surface area contributed by atoms with Gasteiger partial charge in [-0.2, -0.15) is 9.57 Å². The largest absolute Gasteiger partial charge is 0.379 e. The van der Waals surface area contributed by atoms with Gasteiger partial charge in [0.25, 0.3) is 5.91 Å². The Balaban J connectivity index is 1.78. The molecule has 2 aromatic carbocycles. The van der Waals surface area contributed by atoms with E-state index in [1.807, 2.05) is 0 Å². The number of anilines is 2. The van der Waals surface area contributed by atoms with Gasteiger partial charge in [0.2, 0.25) is 10.0 Å². The molecule has 1 amide bonds. The zero-order valence-electron chi connectivity index (χ0n) is 16.1. The van der Waals surface area contributed by atoms with Gasteiger partial charge < -0.3 is 15.4 Å². The van der Waals surface area contributed by atoms with Crippen LogP contribution in [0.25, 0.3) is 0 Å². The number of nitrogens with zero attached hydrogens (tertiary/aromatic N) is 2. The summed E-state index contributed by atoms with van der Waals surface area (Å²) < 4.78 is 45.1. The first-order valence-corrected chi connectivity index (χ1v) is 10.9. The van der Waals surface area contributed by atoms with Crippen molar-refractivity contribution in [1.29, 1.82) is 5.26 Å². The number of benzene rings is 2. The second kappa shape index (κ2) is 9.89. The lowest BCUT2D eigenvalue weighted by Gasteiger charge is -2.26. The van der Waals surface area contributed by atoms with Crippen LogP contribution >= 0.6 is 11.6 Å². The number of morpholine rings is 1. The lowest BCUT2D eigenvalue weighted by molar-refractivity contribution is -0.112. The summed E-state index contributed by atoms with van der Waals surface area (Å²) >= 11 is 6.14. The van der Waals surface area contributed by atoms with Crippen LogP contribution in [0.1, 0.15) is 0 Å². The third-order valence-electron chi connectivity index (χ3n) is 4.38. The van der Waals surface area contributed by atoms with E-state index in [4.69, 9.17) is 16.3 Å². The van der Waals surface area contributed by atoms with E-state index in [-0.39, 0.29) is 34.3 Å². The highest BCUT2D eigenvalue weighted by Gasteiger charge is 2.26. The predicted molar refractivity (Wildman–Crippen MR) is 113 cm³/mol. The molecule has 11 heteroatoms. The summed E-state index contributed by atoms with van der Waals surface area (Å²) in [4.78, 5) is 12.3. The van der Waals surface area contributed by atoms with Crippen LogP contribution in [0.15, 0.2) is 59.1 Å². The SMILES string of the molecule is N#C/C(=C/Nc1cc(S(=O)(=O)N2CCOCC2)ccc1Cl)C(=O)Nc1ccc(F)cc1. The van der Waals surface area contributed by atoms with Crippen LogP contribution in [-0.2, 0) is 19.6 Å². The Morgan fingerprint density at radius 1 is 1.19 bits per heavy atom. The molecule has 0 atom stereocenters. The van der Waals surface area contributed by atoms with Crippen LogP contribution < -0.4 is 10.6 Å². The smallest absolute Gasteiger partial charge is 0.267 e. The first kappa shape index (κ1) is 22.7. The van der Waals surface area contributed by atoms with Gasteiger partial charge in [-0.25, -0.2) is 12.8 Å². The summed E-state index contributed by atoms with van der Waals surface area (Å²) in [5.41, 5.74) is 0.226. The molecule has 0 aromatic heterocycles. The Labute approximate surface area is 183 Å². The number of nitrogens with one attached hydrogen (secondary N) is 2. The van der Waals surface area contributed by atoms with Crippen molar-refractivity contribution < 1.29 is 22.3 Å². The Kier molecular flexibility index (Phi) is 7.25. The molecule has 31 heavy (non-hydrogen) atoms. The summed E-state index contributed by atoms with van der Waals surface area (Å²) in [6.45, 7) is 1.12. The van der Waals surface area contributed by atoms with Gasteiger partial charge in [-0.3, -0.25) is 4.79 Å². The van der Waals surface area contributed by atoms with Crippen LogP contribution in [0.2, 0.25) is 5.02 Å². The zero-order chi connectivity index (χ0) is 22.4. The second-order valence-corrected chi connectivity index (χ2v) is 8.78. The number of hydrogen-bond acceptors (Lipinski definition) is 6. The third-order valence-corrected chi connectivity index (χ3v) is 6.61. The van der Waals surface area contributed by atoms with E-state index in [0.29, 0.717) is 18.9 Å². The van der Waals surface area contributed by atoms with Gasteiger partial charge >= 0.3 is 0 Å². The maximum Gasteiger partial charge on any atom is 0.267 e. The van der Waals surface area contributed by atoms with E-state index in [2.05, 4.69) is 10.6 Å². The number of rotatable bonds is 6. The highest BCUT2D eigenvalue weighted by molar-refractivity contribution is 7.89. The molecule has 1 fully saturated rings. The average molecular weight is 465 g/mol. The second-order valence-electron chi connectivity index (χ2n) is 6.43. The number of carbonyl (C=O) groups excluding carboxylic acids is 1. The Hall–Kier alpha value is -2.97. The number of amides is 1. The van der Waals surface area contributed by atoms with Gasteiger partial charge in [-0.1, -0.05) is 11.6 Å². The van der Waals surface area contributed by atoms with Crippen LogP contribution in [0.5, 0.6) is 0 Å². The predicted octanol–water partition coefficient (Wildman–Crippen LogP) is 2.96. The molecular weight excluding hydrogens is 447 g/mol. The average Bonchev–Trinajstić information content (AvgIpc) is 2.77. The molecule has 1 aliphatic heterocycles. The standard InChI is InChI=1S/C20H18ClFN4O4S/c21-18-6-5-17(31(28,29)26-7-9-30-10-8-26)11-19(18)24-13-14(12-23)20(27)25-16-3-1-15(22)2-4-16/h1-6,11,13,24H,7-10H2,(H,25,27)/b14-13-. The molecule has 0 bridgehead atoms. The molecule has 0 unspecified atom stereocenters. The minimum atomic E-state index is -3.75. The molecule has 1 saturated heterocycles. The zero-order valence-corrected chi connectivity index (χ0v) is 17.7. The lowest BCUT2D eigenvalue weighted by Crippen LogP contribution is -2.40. The summed E-state index contributed by atoms with van der Waals surface area (Å²) in [6.07, 6.45) is 1.12. The Bertz CT molecular complexity index is 1140. The van der Waals surface area contributed by atoms with Crippen LogP contribution in [0.4, 0.5) is 15.8 Å². The van der Waals surface area contributed by atoms with Crippen molar-refractivity contribution in [3.63, 3.8) is 0 Å². The number of halogens is 2. The maximum absolute atomic E-state index is 13.0. The molecule has 1 heterocycles. The van der Waals surface area contributed by atoms with Crippen molar-refractivity contribution in [2.24, 2.45) is 0 Å². The monoisotopic (exact) mass is 464 g/mol. The number of ether oxygens (including phenoxy) is 1. The Morgan fingerprint density at radius 3 is 2.52 bits per heavy atom. The van der Waals surface area contributed by atoms with E-state index in [1.54, 1.807) is 6.07 Å². The summed E-state index contributed by atoms with van der Waals surface area (Å²) in [6, 6.07) is 10.9. The number of nitriles is 1. The molecule has 162 valence electrons. The first-order chi connectivity index (χ1) is 14.8. The molecule has 8 nitrogen and oxygen atoms in total. The fourth-order valence-corrected chi connectivity index (χ4v) is 4.35. The van der Waals surface area contributed by atoms with Crippen molar-refractivity contribution in [2.45, 2.75) is 4.90 Å².